The minimum absolute atomic E-state index is 0.142. The molecule has 0 N–H and O–H groups in total. The molecule has 0 aromatic heterocycles. The standard InChI is InChI=1S/C20H19NO2/c1-15(2)20(22)18(13-21)12-16-8-10-19(11-9-16)23-14-17-6-4-3-5-7-17/h3-12,15H,14H2,1-2H3/b18-12+. The highest BCUT2D eigenvalue weighted by molar-refractivity contribution is 6.04. The number of nitrogens with zero attached hydrogens (tertiary/aromatic N) is 1. The molecule has 0 aliphatic carbocycles. The molecule has 0 saturated heterocycles. The molecule has 3 heteroatoms. The van der Waals surface area contributed by atoms with E-state index in [4.69, 9.17) is 10.00 Å². The molecule has 0 bridgehead atoms. The van der Waals surface area contributed by atoms with Crippen molar-refractivity contribution < 1.29 is 9.53 Å². The first-order valence-corrected chi connectivity index (χ1v) is 7.53. The maximum absolute atomic E-state index is 11.9. The van der Waals surface area contributed by atoms with Gasteiger partial charge in [-0.15, -0.1) is 0 Å². The second-order valence-electron chi connectivity index (χ2n) is 5.53. The first-order valence-electron chi connectivity index (χ1n) is 7.53. The van der Waals surface area contributed by atoms with Crippen molar-refractivity contribution in [1.82, 2.24) is 0 Å². The molecule has 2 rings (SSSR count). The fraction of sp³-hybridized carbons (Fsp3) is 0.200. The summed E-state index contributed by atoms with van der Waals surface area (Å²) in [7, 11) is 0. The maximum atomic E-state index is 11.9. The molecule has 0 spiro atoms. The van der Waals surface area contributed by atoms with Crippen LogP contribution in [0.5, 0.6) is 5.75 Å². The van der Waals surface area contributed by atoms with Crippen LogP contribution < -0.4 is 4.74 Å². The molecule has 0 saturated carbocycles. The average molecular weight is 305 g/mol. The summed E-state index contributed by atoms with van der Waals surface area (Å²) in [5.74, 6) is 0.422. The molecule has 116 valence electrons. The van der Waals surface area contributed by atoms with Gasteiger partial charge in [0.05, 0.1) is 5.57 Å². The molecule has 23 heavy (non-hydrogen) atoms. The second-order valence-corrected chi connectivity index (χ2v) is 5.53. The quantitative estimate of drug-likeness (QED) is 0.587. The smallest absolute Gasteiger partial charge is 0.175 e. The topological polar surface area (TPSA) is 50.1 Å². The van der Waals surface area contributed by atoms with Gasteiger partial charge in [-0.25, -0.2) is 0 Å². The van der Waals surface area contributed by atoms with Crippen molar-refractivity contribution in [2.24, 2.45) is 5.92 Å². The van der Waals surface area contributed by atoms with Crippen molar-refractivity contribution in [1.29, 1.82) is 5.26 Å². The summed E-state index contributed by atoms with van der Waals surface area (Å²) in [6.45, 7) is 4.08. The first-order chi connectivity index (χ1) is 11.1. The number of nitriles is 1. The summed E-state index contributed by atoms with van der Waals surface area (Å²) in [5.41, 5.74) is 2.09. The molecular formula is C20H19NO2. The molecule has 2 aromatic carbocycles. The van der Waals surface area contributed by atoms with Crippen molar-refractivity contribution in [2.45, 2.75) is 20.5 Å². The lowest BCUT2D eigenvalue weighted by atomic mass is 10.00. The number of hydrogen-bond donors (Lipinski definition) is 0. The van der Waals surface area contributed by atoms with Crippen molar-refractivity contribution in [3.05, 3.63) is 71.3 Å². The highest BCUT2D eigenvalue weighted by Gasteiger charge is 2.13. The van der Waals surface area contributed by atoms with Gasteiger partial charge in [-0.3, -0.25) is 4.79 Å². The number of Topliss-reactive ketones (excluding diaryl/α,β-unsaturated/α-hetero) is 1. The first kappa shape index (κ1) is 16.5. The van der Waals surface area contributed by atoms with Gasteiger partial charge < -0.3 is 4.74 Å². The largest absolute Gasteiger partial charge is 0.489 e. The van der Waals surface area contributed by atoms with Crippen LogP contribution in [0.4, 0.5) is 0 Å². The number of benzene rings is 2. The third-order valence-corrected chi connectivity index (χ3v) is 3.35. The zero-order chi connectivity index (χ0) is 16.7. The molecule has 0 atom stereocenters. The minimum atomic E-state index is -0.186. The molecule has 0 aliphatic rings. The molecule has 0 aliphatic heterocycles. The Labute approximate surface area is 136 Å². The van der Waals surface area contributed by atoms with Gasteiger partial charge in [0.15, 0.2) is 5.78 Å². The Balaban J connectivity index is 2.04. The van der Waals surface area contributed by atoms with Crippen molar-refractivity contribution in [3.8, 4) is 11.8 Å². The van der Waals surface area contributed by atoms with E-state index in [-0.39, 0.29) is 17.3 Å². The fourth-order valence-corrected chi connectivity index (χ4v) is 2.04. The lowest BCUT2D eigenvalue weighted by molar-refractivity contribution is -0.117. The third-order valence-electron chi connectivity index (χ3n) is 3.35. The SMILES string of the molecule is CC(C)C(=O)/C(C#N)=C/c1ccc(OCc2ccccc2)cc1. The predicted octanol–water partition coefficient (Wildman–Crippen LogP) is 4.40. The van der Waals surface area contributed by atoms with E-state index in [1.807, 2.05) is 60.7 Å². The van der Waals surface area contributed by atoms with Crippen LogP contribution in [0.1, 0.15) is 25.0 Å². The highest BCUT2D eigenvalue weighted by atomic mass is 16.5. The molecule has 0 amide bonds. The van der Waals surface area contributed by atoms with Crippen molar-refractivity contribution >= 4 is 11.9 Å². The number of carbonyl (C=O) groups is 1. The Kier molecular flexibility index (Phi) is 5.71. The molecule has 0 unspecified atom stereocenters. The molecule has 2 aromatic rings. The zero-order valence-corrected chi connectivity index (χ0v) is 13.3. The summed E-state index contributed by atoms with van der Waals surface area (Å²) in [5, 5.41) is 9.11. The number of allylic oxidation sites excluding steroid dienone is 1. The van der Waals surface area contributed by atoms with Crippen molar-refractivity contribution in [2.75, 3.05) is 0 Å². The van der Waals surface area contributed by atoms with Crippen LogP contribution in [0, 0.1) is 17.2 Å². The van der Waals surface area contributed by atoms with Gasteiger partial charge in [0, 0.05) is 5.92 Å². The average Bonchev–Trinajstić information content (AvgIpc) is 2.59. The van der Waals surface area contributed by atoms with E-state index in [0.29, 0.717) is 6.61 Å². The Morgan fingerprint density at radius 2 is 1.78 bits per heavy atom. The number of ether oxygens (including phenoxy) is 1. The second kappa shape index (κ2) is 7.95. The van der Waals surface area contributed by atoms with Crippen LogP contribution in [0.25, 0.3) is 6.08 Å². The maximum Gasteiger partial charge on any atom is 0.175 e. The Morgan fingerprint density at radius 1 is 1.13 bits per heavy atom. The third kappa shape index (κ3) is 4.82. The van der Waals surface area contributed by atoms with E-state index in [1.165, 1.54) is 0 Å². The van der Waals surface area contributed by atoms with Crippen LogP contribution in [0.2, 0.25) is 0 Å². The Morgan fingerprint density at radius 3 is 2.35 bits per heavy atom. The monoisotopic (exact) mass is 305 g/mol. The van der Waals surface area contributed by atoms with Gasteiger partial charge in [0.25, 0.3) is 0 Å². The van der Waals surface area contributed by atoms with E-state index in [9.17, 15) is 4.79 Å². The van der Waals surface area contributed by atoms with Crippen LogP contribution in [0.15, 0.2) is 60.2 Å². The normalized spacial score (nSPS) is 11.1. The van der Waals surface area contributed by atoms with E-state index in [0.717, 1.165) is 16.9 Å². The van der Waals surface area contributed by atoms with Crippen LogP contribution in [0.3, 0.4) is 0 Å². The predicted molar refractivity (Wildman–Crippen MR) is 90.7 cm³/mol. The van der Waals surface area contributed by atoms with Crippen LogP contribution in [-0.4, -0.2) is 5.78 Å². The van der Waals surface area contributed by atoms with E-state index < -0.39 is 0 Å². The highest BCUT2D eigenvalue weighted by Crippen LogP contribution is 2.17. The summed E-state index contributed by atoms with van der Waals surface area (Å²) in [6.07, 6.45) is 1.61. The minimum Gasteiger partial charge on any atom is -0.489 e. The summed E-state index contributed by atoms with van der Waals surface area (Å²) < 4.78 is 5.71. The summed E-state index contributed by atoms with van der Waals surface area (Å²) >= 11 is 0. The molecular weight excluding hydrogens is 286 g/mol. The van der Waals surface area contributed by atoms with Gasteiger partial charge in [-0.05, 0) is 29.3 Å². The van der Waals surface area contributed by atoms with Gasteiger partial charge in [-0.1, -0.05) is 56.3 Å². The van der Waals surface area contributed by atoms with E-state index >= 15 is 0 Å². The molecule has 0 fully saturated rings. The zero-order valence-electron chi connectivity index (χ0n) is 13.3. The fourth-order valence-electron chi connectivity index (χ4n) is 2.04. The Hall–Kier alpha value is -2.86. The molecule has 0 radical (unpaired) electrons. The number of hydrogen-bond acceptors (Lipinski definition) is 3. The lowest BCUT2D eigenvalue weighted by Gasteiger charge is -2.07. The summed E-state index contributed by atoms with van der Waals surface area (Å²) in [4.78, 5) is 11.9. The van der Waals surface area contributed by atoms with Gasteiger partial charge >= 0.3 is 0 Å². The van der Waals surface area contributed by atoms with Gasteiger partial charge in [-0.2, -0.15) is 5.26 Å². The number of rotatable bonds is 6. The molecule has 3 nitrogen and oxygen atoms in total. The van der Waals surface area contributed by atoms with Crippen LogP contribution >= 0.6 is 0 Å². The van der Waals surface area contributed by atoms with E-state index in [1.54, 1.807) is 19.9 Å². The lowest BCUT2D eigenvalue weighted by Crippen LogP contribution is -2.08. The number of carbonyl (C=O) groups excluding carboxylic acids is 1. The van der Waals surface area contributed by atoms with Gasteiger partial charge in [0.2, 0.25) is 0 Å². The Bertz CT molecular complexity index is 722. The summed E-state index contributed by atoms with van der Waals surface area (Å²) in [6, 6.07) is 19.3. The van der Waals surface area contributed by atoms with Crippen LogP contribution in [-0.2, 0) is 11.4 Å². The van der Waals surface area contributed by atoms with E-state index in [2.05, 4.69) is 0 Å². The molecule has 0 heterocycles. The van der Waals surface area contributed by atoms with Crippen molar-refractivity contribution in [3.63, 3.8) is 0 Å². The number of ketones is 1. The van der Waals surface area contributed by atoms with Gasteiger partial charge in [0.1, 0.15) is 18.4 Å².